The summed E-state index contributed by atoms with van der Waals surface area (Å²) in [7, 11) is 0. The molecule has 0 aliphatic carbocycles. The van der Waals surface area contributed by atoms with E-state index in [1.807, 2.05) is 26.0 Å². The van der Waals surface area contributed by atoms with Gasteiger partial charge in [0, 0.05) is 16.8 Å². The summed E-state index contributed by atoms with van der Waals surface area (Å²) in [6.07, 6.45) is 0. The number of primary amides is 1. The number of nitrogens with two attached hydrogens (primary N) is 1. The summed E-state index contributed by atoms with van der Waals surface area (Å²) in [6, 6.07) is 12.4. The Hall–Kier alpha value is -3.13. The molecule has 0 aliphatic rings. The normalized spacial score (nSPS) is 11.8. The molecule has 0 saturated carbocycles. The number of nitrogens with zero attached hydrogens (tertiary/aromatic N) is 2. The van der Waals surface area contributed by atoms with Gasteiger partial charge >= 0.3 is 0 Å². The molecule has 1 heterocycles. The fraction of sp³-hybridized carbons (Fsp3) is 0.200. The lowest BCUT2D eigenvalue weighted by Crippen LogP contribution is -2.22. The maximum atomic E-state index is 12.4. The third-order valence-corrected chi connectivity index (χ3v) is 4.89. The van der Waals surface area contributed by atoms with Crippen LogP contribution in [0.5, 0.6) is 0 Å². The predicted molar refractivity (Wildman–Crippen MR) is 108 cm³/mol. The van der Waals surface area contributed by atoms with Crippen LogP contribution in [0, 0.1) is 13.8 Å². The summed E-state index contributed by atoms with van der Waals surface area (Å²) in [5.41, 5.74) is 9.23. The topological polar surface area (TPSA) is 111 Å². The number of rotatable bonds is 6. The molecule has 2 aromatic carbocycles. The first kappa shape index (κ1) is 19.6. The highest BCUT2D eigenvalue weighted by atomic mass is 32.2. The van der Waals surface area contributed by atoms with Crippen molar-refractivity contribution < 1.29 is 14.0 Å². The van der Waals surface area contributed by atoms with E-state index in [1.165, 1.54) is 11.8 Å². The van der Waals surface area contributed by atoms with Crippen LogP contribution < -0.4 is 11.1 Å². The predicted octanol–water partition coefficient (Wildman–Crippen LogP) is 3.57. The average Bonchev–Trinajstić information content (AvgIpc) is 3.10. The molecule has 0 bridgehead atoms. The highest BCUT2D eigenvalue weighted by Gasteiger charge is 2.19. The lowest BCUT2D eigenvalue weighted by molar-refractivity contribution is -0.115. The van der Waals surface area contributed by atoms with Crippen molar-refractivity contribution in [2.45, 2.75) is 31.2 Å². The fourth-order valence-electron chi connectivity index (χ4n) is 2.64. The van der Waals surface area contributed by atoms with Crippen LogP contribution in [0.3, 0.4) is 0 Å². The molecule has 144 valence electrons. The second-order valence-electron chi connectivity index (χ2n) is 6.44. The summed E-state index contributed by atoms with van der Waals surface area (Å²) >= 11 is 1.18. The van der Waals surface area contributed by atoms with Crippen molar-refractivity contribution in [2.75, 3.05) is 5.32 Å². The first-order chi connectivity index (χ1) is 13.3. The van der Waals surface area contributed by atoms with Gasteiger partial charge in [-0.15, -0.1) is 10.2 Å². The van der Waals surface area contributed by atoms with E-state index in [1.54, 1.807) is 31.2 Å². The summed E-state index contributed by atoms with van der Waals surface area (Å²) in [4.78, 5) is 23.5. The minimum atomic E-state index is -0.516. The second-order valence-corrected chi connectivity index (χ2v) is 7.73. The maximum Gasteiger partial charge on any atom is 0.277 e. The van der Waals surface area contributed by atoms with Gasteiger partial charge in [-0.25, -0.2) is 0 Å². The maximum absolute atomic E-state index is 12.4. The van der Waals surface area contributed by atoms with E-state index in [9.17, 15) is 9.59 Å². The van der Waals surface area contributed by atoms with Gasteiger partial charge in [-0.2, -0.15) is 0 Å². The van der Waals surface area contributed by atoms with E-state index in [-0.39, 0.29) is 5.91 Å². The summed E-state index contributed by atoms with van der Waals surface area (Å²) in [5.74, 6) is -0.315. The van der Waals surface area contributed by atoms with Crippen LogP contribution in [0.1, 0.15) is 28.4 Å². The number of anilines is 1. The lowest BCUT2D eigenvalue weighted by Gasteiger charge is -2.10. The van der Waals surface area contributed by atoms with Crippen molar-refractivity contribution >= 4 is 29.3 Å². The quantitative estimate of drug-likeness (QED) is 0.616. The number of hydrogen-bond donors (Lipinski definition) is 2. The highest BCUT2D eigenvalue weighted by Crippen LogP contribution is 2.27. The molecular weight excluding hydrogens is 376 g/mol. The van der Waals surface area contributed by atoms with Gasteiger partial charge in [0.25, 0.3) is 5.22 Å². The standard InChI is InChI=1S/C20H20N4O3S/c1-11-8-12(2)10-15(9-11)19-23-24-20(27-19)28-13(3)18(26)22-16-6-4-14(5-7-16)17(21)25/h4-10,13H,1-3H3,(H2,21,25)(H,22,26)/t13-/m1/s1. The van der Waals surface area contributed by atoms with Gasteiger partial charge in [0.15, 0.2) is 0 Å². The molecule has 1 atom stereocenters. The zero-order valence-corrected chi connectivity index (χ0v) is 16.5. The number of aryl methyl sites for hydroxylation is 2. The number of amides is 2. The Balaban J connectivity index is 1.64. The van der Waals surface area contributed by atoms with E-state index in [4.69, 9.17) is 10.2 Å². The molecule has 3 rings (SSSR count). The van der Waals surface area contributed by atoms with Crippen molar-refractivity contribution in [3.63, 3.8) is 0 Å². The summed E-state index contributed by atoms with van der Waals surface area (Å²) in [5, 5.41) is 10.8. The van der Waals surface area contributed by atoms with Crippen LogP contribution in [0.15, 0.2) is 52.1 Å². The number of thioether (sulfide) groups is 1. The number of nitrogens with one attached hydrogen (secondary N) is 1. The van der Waals surface area contributed by atoms with Crippen LogP contribution >= 0.6 is 11.8 Å². The van der Waals surface area contributed by atoms with Gasteiger partial charge in [-0.3, -0.25) is 9.59 Å². The molecule has 0 unspecified atom stereocenters. The van der Waals surface area contributed by atoms with Crippen molar-refractivity contribution in [1.29, 1.82) is 0 Å². The highest BCUT2D eigenvalue weighted by molar-refractivity contribution is 8.00. The molecule has 8 heteroatoms. The van der Waals surface area contributed by atoms with E-state index < -0.39 is 11.2 Å². The van der Waals surface area contributed by atoms with Gasteiger partial charge in [0.05, 0.1) is 5.25 Å². The van der Waals surface area contributed by atoms with Crippen molar-refractivity contribution in [3.8, 4) is 11.5 Å². The van der Waals surface area contributed by atoms with E-state index in [0.29, 0.717) is 22.4 Å². The molecule has 1 aromatic heterocycles. The SMILES string of the molecule is Cc1cc(C)cc(-c2nnc(S[C@H](C)C(=O)Nc3ccc(C(N)=O)cc3)o2)c1. The summed E-state index contributed by atoms with van der Waals surface area (Å²) in [6.45, 7) is 5.76. The van der Waals surface area contributed by atoms with Crippen LogP contribution in [0.4, 0.5) is 5.69 Å². The molecule has 3 N–H and O–H groups in total. The first-order valence-electron chi connectivity index (χ1n) is 8.61. The Morgan fingerprint density at radius 2 is 1.71 bits per heavy atom. The molecule has 0 spiro atoms. The molecule has 3 aromatic rings. The first-order valence-corrected chi connectivity index (χ1v) is 9.49. The number of carbonyl (C=O) groups excluding carboxylic acids is 2. The monoisotopic (exact) mass is 396 g/mol. The minimum Gasteiger partial charge on any atom is -0.411 e. The van der Waals surface area contributed by atoms with Crippen LogP contribution in [-0.4, -0.2) is 27.3 Å². The van der Waals surface area contributed by atoms with Crippen molar-refractivity contribution in [1.82, 2.24) is 10.2 Å². The third-order valence-electron chi connectivity index (χ3n) is 3.96. The van der Waals surface area contributed by atoms with Gasteiger partial charge in [0.1, 0.15) is 0 Å². The van der Waals surface area contributed by atoms with Crippen LogP contribution in [0.25, 0.3) is 11.5 Å². The number of carbonyl (C=O) groups is 2. The van der Waals surface area contributed by atoms with Gasteiger partial charge in [-0.1, -0.05) is 29.0 Å². The van der Waals surface area contributed by atoms with E-state index in [0.717, 1.165) is 16.7 Å². The zero-order valence-electron chi connectivity index (χ0n) is 15.7. The smallest absolute Gasteiger partial charge is 0.277 e. The number of hydrogen-bond acceptors (Lipinski definition) is 6. The summed E-state index contributed by atoms with van der Waals surface area (Å²) < 4.78 is 5.70. The third kappa shape index (κ3) is 4.77. The van der Waals surface area contributed by atoms with Crippen LogP contribution in [-0.2, 0) is 4.79 Å². The molecule has 0 aliphatic heterocycles. The molecule has 0 saturated heterocycles. The molecule has 7 nitrogen and oxygen atoms in total. The number of benzene rings is 2. The van der Waals surface area contributed by atoms with E-state index in [2.05, 4.69) is 21.6 Å². The van der Waals surface area contributed by atoms with Gasteiger partial charge in [0.2, 0.25) is 17.7 Å². The van der Waals surface area contributed by atoms with Gasteiger partial charge in [-0.05, 0) is 57.2 Å². The van der Waals surface area contributed by atoms with Crippen molar-refractivity contribution in [2.24, 2.45) is 5.73 Å². The Bertz CT molecular complexity index is 994. The van der Waals surface area contributed by atoms with E-state index >= 15 is 0 Å². The molecule has 28 heavy (non-hydrogen) atoms. The Labute approximate surface area is 166 Å². The van der Waals surface area contributed by atoms with Gasteiger partial charge < -0.3 is 15.5 Å². The molecule has 0 radical (unpaired) electrons. The lowest BCUT2D eigenvalue weighted by atomic mass is 10.1. The molecular formula is C20H20N4O3S. The largest absolute Gasteiger partial charge is 0.411 e. The second kappa shape index (κ2) is 8.26. The molecule has 2 amide bonds. The fourth-order valence-corrected chi connectivity index (χ4v) is 3.32. The van der Waals surface area contributed by atoms with Crippen LogP contribution in [0.2, 0.25) is 0 Å². The molecule has 0 fully saturated rings. The Kier molecular flexibility index (Phi) is 5.79. The number of aromatic nitrogens is 2. The Morgan fingerprint density at radius 3 is 2.32 bits per heavy atom. The zero-order chi connectivity index (χ0) is 20.3. The average molecular weight is 396 g/mol. The Morgan fingerprint density at radius 1 is 1.07 bits per heavy atom. The minimum absolute atomic E-state index is 0.219. The van der Waals surface area contributed by atoms with Crippen molar-refractivity contribution in [3.05, 3.63) is 59.2 Å².